The number of esters is 1. The highest BCUT2D eigenvalue weighted by Crippen LogP contribution is 2.22. The van der Waals surface area contributed by atoms with Crippen LogP contribution in [0, 0.1) is 6.92 Å². The lowest BCUT2D eigenvalue weighted by Crippen LogP contribution is -2.33. The summed E-state index contributed by atoms with van der Waals surface area (Å²) in [4.78, 5) is 25.9. The highest BCUT2D eigenvalue weighted by Gasteiger charge is 2.22. The first-order chi connectivity index (χ1) is 20.5. The maximum atomic E-state index is 13.2. The van der Waals surface area contributed by atoms with E-state index in [9.17, 15) is 9.59 Å². The molecule has 0 amide bonds. The molecule has 7 nitrogen and oxygen atoms in total. The lowest BCUT2D eigenvalue weighted by Gasteiger charge is -2.20. The second-order valence-corrected chi connectivity index (χ2v) is 9.93. The molecule has 212 valence electrons. The average molecular weight is 560 g/mol. The van der Waals surface area contributed by atoms with E-state index in [0.717, 1.165) is 28.4 Å². The largest absolute Gasteiger partial charge is 0.493 e. The van der Waals surface area contributed by atoms with E-state index in [0.29, 0.717) is 36.3 Å². The fraction of sp³-hybridized carbons (Fsp3) is 0.171. The van der Waals surface area contributed by atoms with Crippen LogP contribution in [-0.4, -0.2) is 41.3 Å². The van der Waals surface area contributed by atoms with E-state index < -0.39 is 12.0 Å². The highest BCUT2D eigenvalue weighted by atomic mass is 16.5. The van der Waals surface area contributed by atoms with Gasteiger partial charge in [-0.2, -0.15) is 5.10 Å². The number of anilines is 1. The maximum absolute atomic E-state index is 13.2. The standard InChI is InChI=1S/C35H33N3O4/c1-25-23-28(37-38(25)29-13-7-4-8-14-29)21-22-42-30-19-17-26(18-20-30)24-33(35(40)41-2)36-32-16-10-9-15-31(32)34(39)27-11-5-3-6-12-27/h3-20,23,33,36H,21-22,24H2,1-2H3. The highest BCUT2D eigenvalue weighted by molar-refractivity contribution is 6.12. The van der Waals surface area contributed by atoms with Crippen LogP contribution in [0.5, 0.6) is 5.75 Å². The van der Waals surface area contributed by atoms with Crippen LogP contribution >= 0.6 is 0 Å². The maximum Gasteiger partial charge on any atom is 0.328 e. The third-order valence-electron chi connectivity index (χ3n) is 6.95. The third-order valence-corrected chi connectivity index (χ3v) is 6.95. The van der Waals surface area contributed by atoms with E-state index in [4.69, 9.17) is 14.6 Å². The monoisotopic (exact) mass is 559 g/mol. The van der Waals surface area contributed by atoms with Gasteiger partial charge >= 0.3 is 5.97 Å². The number of benzene rings is 4. The van der Waals surface area contributed by atoms with Gasteiger partial charge in [-0.1, -0.05) is 72.8 Å². The molecule has 1 aromatic heterocycles. The Kier molecular flexibility index (Phi) is 9.09. The molecule has 1 atom stereocenters. The fourth-order valence-electron chi connectivity index (χ4n) is 4.80. The van der Waals surface area contributed by atoms with Crippen molar-refractivity contribution in [2.24, 2.45) is 0 Å². The van der Waals surface area contributed by atoms with Gasteiger partial charge in [0, 0.05) is 35.3 Å². The number of nitrogens with one attached hydrogen (secondary N) is 1. The van der Waals surface area contributed by atoms with E-state index in [1.54, 1.807) is 24.3 Å². The minimum Gasteiger partial charge on any atom is -0.493 e. The number of carbonyl (C=O) groups is 2. The Morgan fingerprint density at radius 3 is 2.24 bits per heavy atom. The summed E-state index contributed by atoms with van der Waals surface area (Å²) in [5.41, 5.74) is 5.64. The molecule has 0 saturated carbocycles. The molecule has 4 aromatic carbocycles. The van der Waals surface area contributed by atoms with Gasteiger partial charge in [-0.3, -0.25) is 4.79 Å². The Hall–Kier alpha value is -5.17. The van der Waals surface area contributed by atoms with Crippen molar-refractivity contribution < 1.29 is 19.1 Å². The summed E-state index contributed by atoms with van der Waals surface area (Å²) in [5.74, 6) is 0.202. The lowest BCUT2D eigenvalue weighted by atomic mass is 10.00. The predicted molar refractivity (Wildman–Crippen MR) is 163 cm³/mol. The second kappa shape index (κ2) is 13.5. The summed E-state index contributed by atoms with van der Waals surface area (Å²) < 4.78 is 13.0. The van der Waals surface area contributed by atoms with Gasteiger partial charge in [-0.05, 0) is 55.0 Å². The molecule has 5 rings (SSSR count). The van der Waals surface area contributed by atoms with Gasteiger partial charge in [-0.15, -0.1) is 0 Å². The van der Waals surface area contributed by atoms with Crippen molar-refractivity contribution in [3.05, 3.63) is 143 Å². The van der Waals surface area contributed by atoms with E-state index in [1.165, 1.54) is 7.11 Å². The van der Waals surface area contributed by atoms with Crippen molar-refractivity contribution in [3.63, 3.8) is 0 Å². The summed E-state index contributed by atoms with van der Waals surface area (Å²) in [6.45, 7) is 2.53. The molecular formula is C35H33N3O4. The first-order valence-electron chi connectivity index (χ1n) is 13.9. The van der Waals surface area contributed by atoms with Crippen molar-refractivity contribution in [1.29, 1.82) is 0 Å². The SMILES string of the molecule is COC(=O)C(Cc1ccc(OCCc2cc(C)n(-c3ccccc3)n2)cc1)Nc1ccccc1C(=O)c1ccccc1. The van der Waals surface area contributed by atoms with Crippen LogP contribution in [0.1, 0.15) is 32.9 Å². The number of methoxy groups -OCH3 is 1. The number of ether oxygens (including phenoxy) is 2. The minimum atomic E-state index is -0.686. The molecule has 0 saturated heterocycles. The topological polar surface area (TPSA) is 82.4 Å². The van der Waals surface area contributed by atoms with Gasteiger partial charge in [0.2, 0.25) is 0 Å². The second-order valence-electron chi connectivity index (χ2n) is 9.93. The Morgan fingerprint density at radius 1 is 0.857 bits per heavy atom. The first-order valence-corrected chi connectivity index (χ1v) is 13.9. The molecule has 42 heavy (non-hydrogen) atoms. The predicted octanol–water partition coefficient (Wildman–Crippen LogP) is 6.23. The summed E-state index contributed by atoms with van der Waals surface area (Å²) in [6.07, 6.45) is 1.05. The van der Waals surface area contributed by atoms with Crippen molar-refractivity contribution in [2.45, 2.75) is 25.8 Å². The van der Waals surface area contributed by atoms with Crippen LogP contribution in [0.3, 0.4) is 0 Å². The Morgan fingerprint density at radius 2 is 1.52 bits per heavy atom. The van der Waals surface area contributed by atoms with Crippen molar-refractivity contribution in [3.8, 4) is 11.4 Å². The quantitative estimate of drug-likeness (QED) is 0.144. The van der Waals surface area contributed by atoms with E-state index >= 15 is 0 Å². The van der Waals surface area contributed by atoms with E-state index in [-0.39, 0.29) is 5.78 Å². The zero-order valence-electron chi connectivity index (χ0n) is 23.7. The summed E-state index contributed by atoms with van der Waals surface area (Å²) >= 11 is 0. The average Bonchev–Trinajstić information content (AvgIpc) is 3.41. The minimum absolute atomic E-state index is 0.120. The molecule has 7 heteroatoms. The molecule has 0 aliphatic heterocycles. The molecule has 0 spiro atoms. The van der Waals surface area contributed by atoms with Crippen molar-refractivity contribution >= 4 is 17.4 Å². The molecule has 1 N–H and O–H groups in total. The Balaban J connectivity index is 1.21. The molecule has 0 bridgehead atoms. The Labute approximate surface area is 245 Å². The van der Waals surface area contributed by atoms with Crippen LogP contribution in [-0.2, 0) is 22.4 Å². The molecule has 1 unspecified atom stereocenters. The van der Waals surface area contributed by atoms with Gasteiger partial charge < -0.3 is 14.8 Å². The number of aryl methyl sites for hydroxylation is 1. The van der Waals surface area contributed by atoms with Crippen LogP contribution in [0.15, 0.2) is 115 Å². The number of rotatable bonds is 12. The lowest BCUT2D eigenvalue weighted by molar-refractivity contribution is -0.141. The van der Waals surface area contributed by atoms with Crippen LogP contribution in [0.4, 0.5) is 5.69 Å². The number of para-hydroxylation sites is 2. The first kappa shape index (κ1) is 28.4. The Bertz CT molecular complexity index is 1630. The van der Waals surface area contributed by atoms with Crippen molar-refractivity contribution in [1.82, 2.24) is 9.78 Å². The number of hydrogen-bond acceptors (Lipinski definition) is 6. The van der Waals surface area contributed by atoms with Gasteiger partial charge in [-0.25, -0.2) is 9.48 Å². The smallest absolute Gasteiger partial charge is 0.328 e. The number of carbonyl (C=O) groups excluding carboxylic acids is 2. The van der Waals surface area contributed by atoms with Gasteiger partial charge in [0.05, 0.1) is 25.1 Å². The molecule has 0 radical (unpaired) electrons. The zero-order valence-corrected chi connectivity index (χ0v) is 23.7. The number of ketones is 1. The molecule has 0 fully saturated rings. The molecule has 5 aromatic rings. The molecular weight excluding hydrogens is 526 g/mol. The number of aromatic nitrogens is 2. The van der Waals surface area contributed by atoms with Crippen LogP contribution in [0.2, 0.25) is 0 Å². The normalized spacial score (nSPS) is 11.5. The third kappa shape index (κ3) is 6.93. The molecule has 1 heterocycles. The van der Waals surface area contributed by atoms with Gasteiger partial charge in [0.1, 0.15) is 11.8 Å². The van der Waals surface area contributed by atoms with E-state index in [1.807, 2.05) is 96.5 Å². The van der Waals surface area contributed by atoms with E-state index in [2.05, 4.69) is 11.4 Å². The van der Waals surface area contributed by atoms with Gasteiger partial charge in [0.25, 0.3) is 0 Å². The summed E-state index contributed by atoms with van der Waals surface area (Å²) in [7, 11) is 1.36. The summed E-state index contributed by atoms with van der Waals surface area (Å²) in [6, 6.07) is 35.4. The zero-order chi connectivity index (χ0) is 29.3. The summed E-state index contributed by atoms with van der Waals surface area (Å²) in [5, 5.41) is 7.96. The number of hydrogen-bond donors (Lipinski definition) is 1. The molecule has 0 aliphatic carbocycles. The van der Waals surface area contributed by atoms with Gasteiger partial charge in [0.15, 0.2) is 5.78 Å². The fourth-order valence-corrected chi connectivity index (χ4v) is 4.80. The van der Waals surface area contributed by atoms with Crippen molar-refractivity contribution in [2.75, 3.05) is 19.0 Å². The molecule has 0 aliphatic rings. The number of nitrogens with zero attached hydrogens (tertiary/aromatic N) is 2. The van der Waals surface area contributed by atoms with Crippen LogP contribution in [0.25, 0.3) is 5.69 Å². The van der Waals surface area contributed by atoms with Crippen LogP contribution < -0.4 is 10.1 Å².